The van der Waals surface area contributed by atoms with Gasteiger partial charge in [0.25, 0.3) is 0 Å². The highest BCUT2D eigenvalue weighted by Crippen LogP contribution is 2.28. The second-order valence-electron chi connectivity index (χ2n) is 4.58. The van der Waals surface area contributed by atoms with Crippen LogP contribution in [-0.2, 0) is 6.42 Å². The summed E-state index contributed by atoms with van der Waals surface area (Å²) in [6, 6.07) is 8.32. The van der Waals surface area contributed by atoms with Gasteiger partial charge in [-0.3, -0.25) is 0 Å². The molecule has 0 atom stereocenters. The van der Waals surface area contributed by atoms with Gasteiger partial charge in [0.1, 0.15) is 11.3 Å². The molecule has 0 bridgehead atoms. The third-order valence-electron chi connectivity index (χ3n) is 3.14. The lowest BCUT2D eigenvalue weighted by Gasteiger charge is -2.31. The van der Waals surface area contributed by atoms with E-state index in [0.717, 1.165) is 23.4 Å². The van der Waals surface area contributed by atoms with Crippen LogP contribution in [0.5, 0.6) is 5.75 Å². The third kappa shape index (κ3) is 2.71. The Bertz CT molecular complexity index is 432. The molecule has 0 amide bonds. The Morgan fingerprint density at radius 1 is 1.41 bits per heavy atom. The Morgan fingerprint density at radius 2 is 2.06 bits per heavy atom. The van der Waals surface area contributed by atoms with E-state index in [9.17, 15) is 0 Å². The van der Waals surface area contributed by atoms with Gasteiger partial charge in [0.15, 0.2) is 0 Å². The van der Waals surface area contributed by atoms with Crippen molar-refractivity contribution in [2.75, 3.05) is 19.1 Å². The van der Waals surface area contributed by atoms with E-state index < -0.39 is 5.54 Å². The molecule has 0 aliphatic heterocycles. The quantitative estimate of drug-likeness (QED) is 0.800. The summed E-state index contributed by atoms with van der Waals surface area (Å²) in [7, 11) is 3.61. The van der Waals surface area contributed by atoms with E-state index in [2.05, 4.69) is 19.1 Å². The highest BCUT2D eigenvalue weighted by Gasteiger charge is 2.23. The third-order valence-corrected chi connectivity index (χ3v) is 3.14. The normalized spacial score (nSPS) is 10.8. The number of hydrogen-bond donors (Lipinski definition) is 0. The molecule has 0 aliphatic carbocycles. The molecular weight excluding hydrogens is 212 g/mol. The first-order chi connectivity index (χ1) is 7.96. The first-order valence-corrected chi connectivity index (χ1v) is 5.78. The second kappa shape index (κ2) is 5.09. The van der Waals surface area contributed by atoms with Crippen LogP contribution in [-0.4, -0.2) is 19.7 Å². The molecule has 0 aromatic heterocycles. The molecule has 1 aromatic carbocycles. The van der Waals surface area contributed by atoms with Gasteiger partial charge < -0.3 is 9.64 Å². The molecule has 0 saturated carbocycles. The van der Waals surface area contributed by atoms with E-state index in [-0.39, 0.29) is 0 Å². The van der Waals surface area contributed by atoms with Crippen molar-refractivity contribution in [2.24, 2.45) is 0 Å². The molecule has 0 unspecified atom stereocenters. The average molecular weight is 232 g/mol. The molecule has 1 aromatic rings. The van der Waals surface area contributed by atoms with Crippen LogP contribution in [0.4, 0.5) is 5.69 Å². The first kappa shape index (κ1) is 13.4. The molecule has 0 radical (unpaired) electrons. The van der Waals surface area contributed by atoms with Crippen molar-refractivity contribution in [2.45, 2.75) is 32.7 Å². The number of anilines is 1. The molecule has 3 nitrogen and oxygen atoms in total. The number of nitrogens with zero attached hydrogens (tertiary/aromatic N) is 2. The highest BCUT2D eigenvalue weighted by atomic mass is 16.5. The molecule has 0 fully saturated rings. The zero-order valence-electron chi connectivity index (χ0n) is 11.2. The van der Waals surface area contributed by atoms with Crippen LogP contribution in [0.25, 0.3) is 0 Å². The summed E-state index contributed by atoms with van der Waals surface area (Å²) in [5.41, 5.74) is 1.68. The van der Waals surface area contributed by atoms with E-state index in [1.54, 1.807) is 7.11 Å². The fourth-order valence-corrected chi connectivity index (χ4v) is 1.65. The summed E-state index contributed by atoms with van der Waals surface area (Å²) in [6.45, 7) is 5.91. The number of ether oxygens (including phenoxy) is 1. The number of nitriles is 1. The predicted molar refractivity (Wildman–Crippen MR) is 70.5 cm³/mol. The van der Waals surface area contributed by atoms with Crippen LogP contribution in [0.1, 0.15) is 26.3 Å². The van der Waals surface area contributed by atoms with Crippen LogP contribution >= 0.6 is 0 Å². The molecule has 0 heterocycles. The molecule has 17 heavy (non-hydrogen) atoms. The molecule has 1 rings (SSSR count). The highest BCUT2D eigenvalue weighted by molar-refractivity contribution is 5.55. The maximum Gasteiger partial charge on any atom is 0.122 e. The van der Waals surface area contributed by atoms with Crippen LogP contribution in [0, 0.1) is 11.3 Å². The van der Waals surface area contributed by atoms with E-state index in [4.69, 9.17) is 10.00 Å². The summed E-state index contributed by atoms with van der Waals surface area (Å²) in [4.78, 5) is 1.98. The fourth-order valence-electron chi connectivity index (χ4n) is 1.65. The molecule has 0 saturated heterocycles. The monoisotopic (exact) mass is 232 g/mol. The molecule has 0 spiro atoms. The van der Waals surface area contributed by atoms with Crippen LogP contribution in [0.15, 0.2) is 18.2 Å². The van der Waals surface area contributed by atoms with Gasteiger partial charge in [0.05, 0.1) is 13.2 Å². The summed E-state index contributed by atoms with van der Waals surface area (Å²) in [5.74, 6) is 0.902. The summed E-state index contributed by atoms with van der Waals surface area (Å²) < 4.78 is 5.30. The molecule has 92 valence electrons. The van der Waals surface area contributed by atoms with Crippen LogP contribution in [0.3, 0.4) is 0 Å². The van der Waals surface area contributed by atoms with Gasteiger partial charge in [0.2, 0.25) is 0 Å². The minimum atomic E-state index is -0.514. The van der Waals surface area contributed by atoms with Gasteiger partial charge in [-0.05, 0) is 44.0 Å². The van der Waals surface area contributed by atoms with Crippen molar-refractivity contribution >= 4 is 5.69 Å². The van der Waals surface area contributed by atoms with E-state index in [1.807, 2.05) is 37.9 Å². The standard InChI is InChI=1S/C14H20N2O/c1-6-11-9-12(7-8-13(11)17-5)16(4)14(2,3)10-15/h7-9H,6H2,1-5H3. The Hall–Kier alpha value is -1.69. The fraction of sp³-hybridized carbons (Fsp3) is 0.500. The minimum absolute atomic E-state index is 0.514. The van der Waals surface area contributed by atoms with Crippen molar-refractivity contribution in [1.82, 2.24) is 0 Å². The van der Waals surface area contributed by atoms with E-state index in [1.165, 1.54) is 0 Å². The van der Waals surface area contributed by atoms with Crippen molar-refractivity contribution < 1.29 is 4.74 Å². The molecular formula is C14H20N2O. The summed E-state index contributed by atoms with van der Waals surface area (Å²) in [5, 5.41) is 9.14. The van der Waals surface area contributed by atoms with Crippen molar-refractivity contribution in [3.05, 3.63) is 23.8 Å². The number of methoxy groups -OCH3 is 1. The Labute approximate surface area is 104 Å². The SMILES string of the molecule is CCc1cc(N(C)C(C)(C)C#N)ccc1OC. The molecule has 3 heteroatoms. The van der Waals surface area contributed by atoms with Crippen molar-refractivity contribution in [3.63, 3.8) is 0 Å². The van der Waals surface area contributed by atoms with Gasteiger partial charge >= 0.3 is 0 Å². The average Bonchev–Trinajstić information content (AvgIpc) is 2.36. The maximum atomic E-state index is 9.14. The Balaban J connectivity index is 3.13. The van der Waals surface area contributed by atoms with Crippen LogP contribution < -0.4 is 9.64 Å². The largest absolute Gasteiger partial charge is 0.496 e. The number of benzene rings is 1. The van der Waals surface area contributed by atoms with Gasteiger partial charge in [-0.2, -0.15) is 5.26 Å². The minimum Gasteiger partial charge on any atom is -0.496 e. The lowest BCUT2D eigenvalue weighted by atomic mass is 10.0. The molecule has 0 aliphatic rings. The number of rotatable bonds is 4. The zero-order valence-corrected chi connectivity index (χ0v) is 11.2. The lowest BCUT2D eigenvalue weighted by molar-refractivity contribution is 0.410. The topological polar surface area (TPSA) is 36.3 Å². The second-order valence-corrected chi connectivity index (χ2v) is 4.58. The van der Waals surface area contributed by atoms with Gasteiger partial charge in [0, 0.05) is 12.7 Å². The maximum absolute atomic E-state index is 9.14. The lowest BCUT2D eigenvalue weighted by Crippen LogP contribution is -2.39. The van der Waals surface area contributed by atoms with E-state index in [0.29, 0.717) is 0 Å². The summed E-state index contributed by atoms with van der Waals surface area (Å²) in [6.07, 6.45) is 0.915. The van der Waals surface area contributed by atoms with E-state index >= 15 is 0 Å². The first-order valence-electron chi connectivity index (χ1n) is 5.78. The van der Waals surface area contributed by atoms with Crippen molar-refractivity contribution in [3.8, 4) is 11.8 Å². The summed E-state index contributed by atoms with van der Waals surface area (Å²) >= 11 is 0. The smallest absolute Gasteiger partial charge is 0.122 e. The Kier molecular flexibility index (Phi) is 4.01. The van der Waals surface area contributed by atoms with Gasteiger partial charge in [-0.1, -0.05) is 6.92 Å². The van der Waals surface area contributed by atoms with Gasteiger partial charge in [-0.25, -0.2) is 0 Å². The zero-order chi connectivity index (χ0) is 13.1. The molecule has 0 N–H and O–H groups in total. The predicted octanol–water partition coefficient (Wildman–Crippen LogP) is 3.00. The number of hydrogen-bond acceptors (Lipinski definition) is 3. The Morgan fingerprint density at radius 3 is 2.53 bits per heavy atom. The van der Waals surface area contributed by atoms with Crippen LogP contribution in [0.2, 0.25) is 0 Å². The van der Waals surface area contributed by atoms with Crippen molar-refractivity contribution in [1.29, 1.82) is 5.26 Å². The van der Waals surface area contributed by atoms with Gasteiger partial charge in [-0.15, -0.1) is 0 Å². The number of aryl methyl sites for hydroxylation is 1.